The fourth-order valence-corrected chi connectivity index (χ4v) is 5.07. The summed E-state index contributed by atoms with van der Waals surface area (Å²) in [6, 6.07) is 2.32. The third kappa shape index (κ3) is 13.1. The van der Waals surface area contributed by atoms with Gasteiger partial charge in [0.1, 0.15) is 0 Å². The lowest BCUT2D eigenvalue weighted by molar-refractivity contribution is -0.142. The average Bonchev–Trinajstić information content (AvgIpc) is 3.07. The standard InChI is InChI=1S/C19H32Cl3NO2Si/c20-26(21,22)16-9-5-7-12-17(19(24)25)11-6-3-1-2-4-8-13-18-14-10-15-23-18/h10,14-15,17,23H,1-9,11-13,16H2,(H,24,25). The first-order valence-corrected chi connectivity index (χ1v) is 15.0. The number of hydrogen-bond donors (Lipinski definition) is 2. The molecule has 0 aliphatic heterocycles. The molecular weight excluding hydrogens is 409 g/mol. The number of H-pyrrole nitrogens is 1. The van der Waals surface area contributed by atoms with E-state index < -0.39 is 12.0 Å². The van der Waals surface area contributed by atoms with Crippen LogP contribution in [0.4, 0.5) is 0 Å². The Hall–Kier alpha value is -0.163. The highest BCUT2D eigenvalue weighted by Gasteiger charge is 2.24. The number of nitrogens with one attached hydrogen (secondary N) is 1. The number of unbranched alkanes of at least 4 members (excludes halogenated alkanes) is 7. The molecule has 3 nitrogen and oxygen atoms in total. The Kier molecular flexibility index (Phi) is 12.8. The van der Waals surface area contributed by atoms with Crippen molar-refractivity contribution < 1.29 is 9.90 Å². The van der Waals surface area contributed by atoms with Crippen LogP contribution in [0.5, 0.6) is 0 Å². The van der Waals surface area contributed by atoms with Gasteiger partial charge in [0.25, 0.3) is 0 Å². The minimum Gasteiger partial charge on any atom is -0.481 e. The third-order valence-electron chi connectivity index (χ3n) is 4.77. The average molecular weight is 441 g/mol. The van der Waals surface area contributed by atoms with Crippen LogP contribution in [-0.4, -0.2) is 22.1 Å². The first kappa shape index (κ1) is 23.9. The second-order valence-electron chi connectivity index (χ2n) is 7.11. The van der Waals surface area contributed by atoms with Crippen molar-refractivity contribution in [3.8, 4) is 0 Å². The summed E-state index contributed by atoms with van der Waals surface area (Å²) < 4.78 is 0. The topological polar surface area (TPSA) is 53.1 Å². The van der Waals surface area contributed by atoms with E-state index in [1.807, 2.05) is 12.3 Å². The zero-order chi connectivity index (χ0) is 19.3. The molecule has 0 aromatic carbocycles. The first-order chi connectivity index (χ1) is 12.4. The van der Waals surface area contributed by atoms with Crippen molar-refractivity contribution in [1.29, 1.82) is 0 Å². The number of carboxylic acid groups (broad SMARTS) is 1. The quantitative estimate of drug-likeness (QED) is 0.162. The van der Waals surface area contributed by atoms with E-state index in [-0.39, 0.29) is 5.92 Å². The molecular formula is C19H32Cl3NO2Si. The van der Waals surface area contributed by atoms with Crippen LogP contribution in [0, 0.1) is 5.92 Å². The molecule has 0 aliphatic rings. The number of carboxylic acids is 1. The molecule has 7 heteroatoms. The predicted molar refractivity (Wildman–Crippen MR) is 115 cm³/mol. The Morgan fingerprint density at radius 3 is 2.08 bits per heavy atom. The Morgan fingerprint density at radius 2 is 1.54 bits per heavy atom. The van der Waals surface area contributed by atoms with E-state index >= 15 is 0 Å². The van der Waals surface area contributed by atoms with Gasteiger partial charge in [0.2, 0.25) is 0 Å². The van der Waals surface area contributed by atoms with Gasteiger partial charge < -0.3 is 10.1 Å². The van der Waals surface area contributed by atoms with Crippen LogP contribution < -0.4 is 0 Å². The van der Waals surface area contributed by atoms with Crippen LogP contribution in [0.3, 0.4) is 0 Å². The molecule has 26 heavy (non-hydrogen) atoms. The molecule has 0 saturated heterocycles. The molecule has 1 aromatic rings. The van der Waals surface area contributed by atoms with E-state index in [2.05, 4.69) is 11.1 Å². The lowest BCUT2D eigenvalue weighted by atomic mass is 9.94. The Labute approximate surface area is 172 Å². The number of aromatic nitrogens is 1. The molecule has 1 atom stereocenters. The number of hydrogen-bond acceptors (Lipinski definition) is 1. The highest BCUT2D eigenvalue weighted by atomic mass is 35.8. The largest absolute Gasteiger partial charge is 0.481 e. The zero-order valence-corrected chi connectivity index (χ0v) is 18.8. The van der Waals surface area contributed by atoms with Gasteiger partial charge in [0.05, 0.1) is 5.92 Å². The second-order valence-corrected chi connectivity index (χ2v) is 16.4. The van der Waals surface area contributed by atoms with Gasteiger partial charge in [-0.2, -0.15) is 0 Å². The maximum absolute atomic E-state index is 11.4. The fourth-order valence-electron chi connectivity index (χ4n) is 3.22. The SMILES string of the molecule is O=C(O)C(CCCCCCCCc1ccc[nH]1)CCCCC[Si](Cl)(Cl)Cl. The van der Waals surface area contributed by atoms with Crippen molar-refractivity contribution >= 4 is 45.2 Å². The van der Waals surface area contributed by atoms with Gasteiger partial charge in [-0.1, -0.05) is 51.4 Å². The van der Waals surface area contributed by atoms with Crippen molar-refractivity contribution in [2.75, 3.05) is 0 Å². The maximum Gasteiger partial charge on any atom is 0.341 e. The van der Waals surface area contributed by atoms with Gasteiger partial charge in [-0.15, -0.1) is 33.2 Å². The van der Waals surface area contributed by atoms with Crippen molar-refractivity contribution in [1.82, 2.24) is 4.98 Å². The minimum atomic E-state index is -2.51. The van der Waals surface area contributed by atoms with Crippen LogP contribution in [0.2, 0.25) is 6.04 Å². The lowest BCUT2D eigenvalue weighted by Gasteiger charge is -2.12. The van der Waals surface area contributed by atoms with Gasteiger partial charge in [0, 0.05) is 11.9 Å². The summed E-state index contributed by atoms with van der Waals surface area (Å²) >= 11 is 17.6. The van der Waals surface area contributed by atoms with Crippen LogP contribution in [0.15, 0.2) is 18.3 Å². The lowest BCUT2D eigenvalue weighted by Crippen LogP contribution is -2.14. The molecule has 0 bridgehead atoms. The first-order valence-electron chi connectivity index (χ1n) is 9.80. The minimum absolute atomic E-state index is 0.215. The summed E-state index contributed by atoms with van der Waals surface area (Å²) in [7, 11) is 0. The van der Waals surface area contributed by atoms with Gasteiger partial charge in [-0.05, 0) is 43.9 Å². The van der Waals surface area contributed by atoms with E-state index in [1.165, 1.54) is 31.4 Å². The molecule has 0 aliphatic carbocycles. The van der Waals surface area contributed by atoms with Gasteiger partial charge in [-0.25, -0.2) is 0 Å². The normalized spacial score (nSPS) is 13.0. The van der Waals surface area contributed by atoms with Crippen LogP contribution in [0.1, 0.15) is 76.3 Å². The third-order valence-corrected chi connectivity index (χ3v) is 7.39. The molecule has 2 N–H and O–H groups in total. The monoisotopic (exact) mass is 439 g/mol. The molecule has 1 aromatic heterocycles. The number of carbonyl (C=O) groups is 1. The molecule has 0 saturated carbocycles. The van der Waals surface area contributed by atoms with E-state index in [0.717, 1.165) is 51.4 Å². The molecule has 1 unspecified atom stereocenters. The highest BCUT2D eigenvalue weighted by Crippen LogP contribution is 2.28. The Morgan fingerprint density at radius 1 is 0.962 bits per heavy atom. The summed E-state index contributed by atoms with van der Waals surface area (Å²) in [5.74, 6) is -0.875. The second kappa shape index (κ2) is 13.9. The number of aromatic amines is 1. The zero-order valence-electron chi connectivity index (χ0n) is 15.5. The molecule has 150 valence electrons. The van der Waals surface area contributed by atoms with Gasteiger partial charge in [-0.3, -0.25) is 4.79 Å². The van der Waals surface area contributed by atoms with Crippen LogP contribution in [-0.2, 0) is 11.2 Å². The maximum atomic E-state index is 11.4. The van der Waals surface area contributed by atoms with Crippen molar-refractivity contribution in [2.24, 2.45) is 5.92 Å². The smallest absolute Gasteiger partial charge is 0.341 e. The Balaban J connectivity index is 1.98. The van der Waals surface area contributed by atoms with Crippen molar-refractivity contribution in [3.05, 3.63) is 24.0 Å². The summed E-state index contributed by atoms with van der Waals surface area (Å²) in [5, 5.41) is 9.36. The number of rotatable bonds is 16. The molecule has 1 rings (SSSR count). The Bertz CT molecular complexity index is 478. The summed E-state index contributed by atoms with van der Waals surface area (Å²) in [4.78, 5) is 14.6. The summed E-state index contributed by atoms with van der Waals surface area (Å²) in [6.45, 7) is 0. The molecule has 0 fully saturated rings. The van der Waals surface area contributed by atoms with Crippen molar-refractivity contribution in [3.63, 3.8) is 0 Å². The highest BCUT2D eigenvalue weighted by molar-refractivity contribution is 7.64. The van der Waals surface area contributed by atoms with E-state index in [1.54, 1.807) is 0 Å². The van der Waals surface area contributed by atoms with E-state index in [0.29, 0.717) is 6.04 Å². The van der Waals surface area contributed by atoms with Gasteiger partial charge >= 0.3 is 12.0 Å². The molecule has 0 amide bonds. The van der Waals surface area contributed by atoms with Crippen LogP contribution in [0.25, 0.3) is 0 Å². The molecule has 1 heterocycles. The van der Waals surface area contributed by atoms with Crippen molar-refractivity contribution in [2.45, 2.75) is 83.1 Å². The number of aliphatic carboxylic acids is 1. The summed E-state index contributed by atoms with van der Waals surface area (Å²) in [6.07, 6.45) is 14.4. The summed E-state index contributed by atoms with van der Waals surface area (Å²) in [5.41, 5.74) is 1.31. The predicted octanol–water partition coefficient (Wildman–Crippen LogP) is 7.20. The molecule has 0 radical (unpaired) electrons. The van der Waals surface area contributed by atoms with Gasteiger partial charge in [0.15, 0.2) is 0 Å². The fraction of sp³-hybridized carbons (Fsp3) is 0.737. The molecule has 0 spiro atoms. The number of aryl methyl sites for hydroxylation is 1. The van der Waals surface area contributed by atoms with E-state index in [9.17, 15) is 9.90 Å². The van der Waals surface area contributed by atoms with Crippen LogP contribution >= 0.6 is 33.2 Å². The number of halogens is 3. The van der Waals surface area contributed by atoms with E-state index in [4.69, 9.17) is 33.2 Å².